The molecule has 0 radical (unpaired) electrons. The van der Waals surface area contributed by atoms with Gasteiger partial charge in [0.15, 0.2) is 0 Å². The Morgan fingerprint density at radius 2 is 1.17 bits per heavy atom. The van der Waals surface area contributed by atoms with Crippen molar-refractivity contribution in [1.29, 1.82) is 0 Å². The van der Waals surface area contributed by atoms with E-state index in [1.165, 1.54) is 75.9 Å². The van der Waals surface area contributed by atoms with E-state index in [4.69, 9.17) is 14.4 Å². The fourth-order valence-corrected chi connectivity index (χ4v) is 12.2. The predicted octanol–water partition coefficient (Wildman–Crippen LogP) is 12.9. The van der Waals surface area contributed by atoms with E-state index in [9.17, 15) is 0 Å². The van der Waals surface area contributed by atoms with Crippen molar-refractivity contribution in [3.8, 4) is 33.5 Å². The Bertz CT molecular complexity index is 3010. The molecule has 5 aliphatic carbocycles. The zero-order valence-corrected chi connectivity index (χ0v) is 29.3. The first-order chi connectivity index (χ1) is 26.2. The summed E-state index contributed by atoms with van der Waals surface area (Å²) < 4.78 is 6.59. The lowest BCUT2D eigenvalue weighted by molar-refractivity contribution is -0.0398. The smallest absolute Gasteiger partial charge is 0.246 e. The van der Waals surface area contributed by atoms with Crippen LogP contribution in [-0.4, -0.2) is 9.97 Å². The topological polar surface area (TPSA) is 38.9 Å². The second kappa shape index (κ2) is 10.2. The van der Waals surface area contributed by atoms with Crippen LogP contribution >= 0.6 is 0 Å². The Labute approximate surface area is 307 Å². The van der Waals surface area contributed by atoms with E-state index >= 15 is 0 Å². The third kappa shape index (κ3) is 3.75. The van der Waals surface area contributed by atoms with E-state index in [0.717, 1.165) is 62.2 Å². The number of rotatable bonds is 2. The number of hydrogen-bond donors (Lipinski definition) is 0. The molecule has 0 saturated heterocycles. The minimum Gasteiger partial charge on any atom is -0.436 e. The van der Waals surface area contributed by atoms with E-state index in [1.807, 2.05) is 6.20 Å². The molecule has 0 N–H and O–H groups in total. The van der Waals surface area contributed by atoms with Gasteiger partial charge in [-0.25, -0.2) is 9.97 Å². The summed E-state index contributed by atoms with van der Waals surface area (Å²) in [7, 11) is 0. The van der Waals surface area contributed by atoms with Gasteiger partial charge < -0.3 is 4.42 Å². The average Bonchev–Trinajstić information content (AvgIpc) is 3.72. The summed E-state index contributed by atoms with van der Waals surface area (Å²) in [6.07, 6.45) is 8.96. The molecule has 252 valence electrons. The van der Waals surface area contributed by atoms with Gasteiger partial charge in [0.25, 0.3) is 0 Å². The van der Waals surface area contributed by atoms with Crippen molar-refractivity contribution in [2.45, 2.75) is 37.5 Å². The fourth-order valence-electron chi connectivity index (χ4n) is 12.2. The van der Waals surface area contributed by atoms with Gasteiger partial charge in [0, 0.05) is 16.4 Å². The average molecular weight is 681 g/mol. The summed E-state index contributed by atoms with van der Waals surface area (Å²) in [4.78, 5) is 10.1. The Morgan fingerprint density at radius 3 is 1.96 bits per heavy atom. The largest absolute Gasteiger partial charge is 0.436 e. The van der Waals surface area contributed by atoms with Crippen LogP contribution in [0.15, 0.2) is 138 Å². The standard InChI is InChI=1S/C50H36N2O/c1-2-9-32-26-44-42(24-31(32)8-1)41-25-33(16-17-43(41)50(44)35-19-28-18-29(21-35)22-36(50)20-28)30-10-7-11-34(23-30)45-27-51-47-46-39-14-5-3-12-37(39)38-13-4-6-15-40(38)48(46)53-49(47)52-45/h1-17,23-29,35-36H,18-22H2. The number of nitrogens with zero attached hydrogens (tertiary/aromatic N) is 2. The number of furan rings is 1. The van der Waals surface area contributed by atoms with Gasteiger partial charge in [-0.05, 0) is 140 Å². The van der Waals surface area contributed by atoms with Gasteiger partial charge in [0.05, 0.1) is 17.3 Å². The molecule has 0 unspecified atom stereocenters. The molecule has 5 aliphatic rings. The summed E-state index contributed by atoms with van der Waals surface area (Å²) in [6.45, 7) is 0. The summed E-state index contributed by atoms with van der Waals surface area (Å²) in [5, 5.41) is 8.37. The molecule has 53 heavy (non-hydrogen) atoms. The van der Waals surface area contributed by atoms with Gasteiger partial charge in [-0.3, -0.25) is 0 Å². The van der Waals surface area contributed by atoms with Crippen LogP contribution in [0.2, 0.25) is 0 Å². The molecule has 4 bridgehead atoms. The maximum absolute atomic E-state index is 6.59. The first kappa shape index (κ1) is 28.7. The van der Waals surface area contributed by atoms with Gasteiger partial charge in [0.2, 0.25) is 5.71 Å². The highest BCUT2D eigenvalue weighted by molar-refractivity contribution is 6.29. The van der Waals surface area contributed by atoms with Crippen molar-refractivity contribution in [2.75, 3.05) is 0 Å². The minimum atomic E-state index is 0.150. The van der Waals surface area contributed by atoms with Crippen LogP contribution in [-0.2, 0) is 5.41 Å². The zero-order valence-electron chi connectivity index (χ0n) is 29.3. The van der Waals surface area contributed by atoms with E-state index in [0.29, 0.717) is 5.71 Å². The fraction of sp³-hybridized carbons (Fsp3) is 0.200. The number of aromatic nitrogens is 2. The zero-order chi connectivity index (χ0) is 34.4. The van der Waals surface area contributed by atoms with E-state index < -0.39 is 0 Å². The Hall–Kier alpha value is -5.80. The molecule has 4 fully saturated rings. The summed E-state index contributed by atoms with van der Waals surface area (Å²) >= 11 is 0. The second-order valence-electron chi connectivity index (χ2n) is 16.6. The maximum Gasteiger partial charge on any atom is 0.246 e. The molecule has 0 aliphatic heterocycles. The Kier molecular flexibility index (Phi) is 5.53. The number of benzene rings is 7. The molecule has 0 atom stereocenters. The summed E-state index contributed by atoms with van der Waals surface area (Å²) in [5.74, 6) is 3.35. The van der Waals surface area contributed by atoms with Gasteiger partial charge in [-0.15, -0.1) is 0 Å². The molecule has 9 aromatic rings. The van der Waals surface area contributed by atoms with Crippen LogP contribution in [0.4, 0.5) is 0 Å². The van der Waals surface area contributed by atoms with Crippen LogP contribution in [0.5, 0.6) is 0 Å². The molecule has 7 aromatic carbocycles. The molecule has 3 heteroatoms. The maximum atomic E-state index is 6.59. The first-order valence-electron chi connectivity index (χ1n) is 19.5. The van der Waals surface area contributed by atoms with Gasteiger partial charge in [-0.1, -0.05) is 103 Å². The molecule has 2 aromatic heterocycles. The molecule has 2 heterocycles. The van der Waals surface area contributed by atoms with Crippen molar-refractivity contribution in [2.24, 2.45) is 23.7 Å². The number of fused-ring (bicyclic) bond motifs is 12. The van der Waals surface area contributed by atoms with Gasteiger partial charge in [-0.2, -0.15) is 0 Å². The third-order valence-electron chi connectivity index (χ3n) is 14.1. The Morgan fingerprint density at radius 1 is 0.528 bits per heavy atom. The predicted molar refractivity (Wildman–Crippen MR) is 216 cm³/mol. The van der Waals surface area contributed by atoms with Gasteiger partial charge >= 0.3 is 0 Å². The van der Waals surface area contributed by atoms with Crippen LogP contribution in [0.1, 0.15) is 43.2 Å². The van der Waals surface area contributed by atoms with E-state index in [-0.39, 0.29) is 5.41 Å². The van der Waals surface area contributed by atoms with Crippen LogP contribution in [0.25, 0.3) is 88.0 Å². The molecule has 1 spiro atoms. The SMILES string of the molecule is c1cc(-c2ccc3c(c2)-c2cc4ccccc4cc2C32C3CC4CC(C3)CC2C4)cc(-c2cnc3c(n2)oc2c4ccccc4c4ccccc4c32)c1. The first-order valence-corrected chi connectivity index (χ1v) is 19.5. The summed E-state index contributed by atoms with van der Waals surface area (Å²) in [5.41, 5.74) is 12.8. The van der Waals surface area contributed by atoms with Gasteiger partial charge in [0.1, 0.15) is 11.1 Å². The number of hydrogen-bond acceptors (Lipinski definition) is 3. The monoisotopic (exact) mass is 680 g/mol. The van der Waals surface area contributed by atoms with Crippen molar-refractivity contribution in [3.05, 3.63) is 145 Å². The van der Waals surface area contributed by atoms with E-state index in [1.54, 1.807) is 11.1 Å². The molecular weight excluding hydrogens is 645 g/mol. The highest BCUT2D eigenvalue weighted by atomic mass is 16.3. The van der Waals surface area contributed by atoms with Crippen LogP contribution < -0.4 is 0 Å². The van der Waals surface area contributed by atoms with Crippen molar-refractivity contribution >= 4 is 54.5 Å². The van der Waals surface area contributed by atoms with Crippen LogP contribution in [0.3, 0.4) is 0 Å². The van der Waals surface area contributed by atoms with Crippen molar-refractivity contribution in [3.63, 3.8) is 0 Å². The molecule has 0 amide bonds. The lowest BCUT2D eigenvalue weighted by Crippen LogP contribution is -2.55. The molecule has 3 nitrogen and oxygen atoms in total. The molecule has 4 saturated carbocycles. The van der Waals surface area contributed by atoms with E-state index in [2.05, 4.69) is 127 Å². The molecule has 14 rings (SSSR count). The van der Waals surface area contributed by atoms with Crippen LogP contribution in [0, 0.1) is 23.7 Å². The summed E-state index contributed by atoms with van der Waals surface area (Å²) in [6, 6.07) is 47.4. The second-order valence-corrected chi connectivity index (χ2v) is 16.6. The molecular formula is C50H36N2O. The quantitative estimate of drug-likeness (QED) is 0.171. The third-order valence-corrected chi connectivity index (χ3v) is 14.1. The van der Waals surface area contributed by atoms with Crippen molar-refractivity contribution in [1.82, 2.24) is 9.97 Å². The highest BCUT2D eigenvalue weighted by Gasteiger charge is 2.61. The normalized spacial score (nSPS) is 23.9. The lowest BCUT2D eigenvalue weighted by Gasteiger charge is -2.61. The van der Waals surface area contributed by atoms with Crippen molar-refractivity contribution < 1.29 is 4.42 Å². The lowest BCUT2D eigenvalue weighted by atomic mass is 9.43. The minimum absolute atomic E-state index is 0.150. The Balaban J connectivity index is 0.956. The highest BCUT2D eigenvalue weighted by Crippen LogP contribution is 2.69.